The molecule has 0 aliphatic carbocycles. The van der Waals surface area contributed by atoms with Crippen LogP contribution in [0.1, 0.15) is 51.3 Å². The lowest BCUT2D eigenvalue weighted by Gasteiger charge is -2.31. The van der Waals surface area contributed by atoms with E-state index in [1.165, 1.54) is 0 Å². The number of amides is 2. The van der Waals surface area contributed by atoms with Crippen LogP contribution in [-0.2, 0) is 9.59 Å². The number of nitrogens with zero attached hydrogens (tertiary/aromatic N) is 3. The SMILES string of the molecule is CCC(CC)n1nc(C)cc1NC(=O)C1CCCN(CC(N)=O)C1. The molecule has 2 amide bonds. The third kappa shape index (κ3) is 4.56. The predicted molar refractivity (Wildman–Crippen MR) is 93.6 cm³/mol. The van der Waals surface area contributed by atoms with Gasteiger partial charge in [-0.2, -0.15) is 5.10 Å². The molecule has 1 aromatic heterocycles. The van der Waals surface area contributed by atoms with Crippen LogP contribution in [0.2, 0.25) is 0 Å². The molecule has 7 heteroatoms. The Bertz CT molecular complexity index is 580. The summed E-state index contributed by atoms with van der Waals surface area (Å²) in [7, 11) is 0. The number of hydrogen-bond acceptors (Lipinski definition) is 4. The second kappa shape index (κ2) is 8.28. The Morgan fingerprint density at radius 3 is 2.75 bits per heavy atom. The monoisotopic (exact) mass is 335 g/mol. The van der Waals surface area contributed by atoms with E-state index in [9.17, 15) is 9.59 Å². The van der Waals surface area contributed by atoms with Gasteiger partial charge in [-0.1, -0.05) is 13.8 Å². The van der Waals surface area contributed by atoms with E-state index in [-0.39, 0.29) is 30.3 Å². The van der Waals surface area contributed by atoms with Gasteiger partial charge in [-0.25, -0.2) is 4.68 Å². The van der Waals surface area contributed by atoms with Crippen molar-refractivity contribution in [2.24, 2.45) is 11.7 Å². The first kappa shape index (κ1) is 18.4. The number of nitrogens with two attached hydrogens (primary N) is 1. The smallest absolute Gasteiger partial charge is 0.231 e. The quantitative estimate of drug-likeness (QED) is 0.793. The van der Waals surface area contributed by atoms with Crippen molar-refractivity contribution in [2.45, 2.75) is 52.5 Å². The van der Waals surface area contributed by atoms with Crippen LogP contribution < -0.4 is 11.1 Å². The zero-order chi connectivity index (χ0) is 17.7. The normalized spacial score (nSPS) is 18.8. The van der Waals surface area contributed by atoms with Crippen molar-refractivity contribution in [2.75, 3.05) is 25.0 Å². The van der Waals surface area contributed by atoms with E-state index in [1.54, 1.807) is 0 Å². The van der Waals surface area contributed by atoms with Crippen LogP contribution in [0, 0.1) is 12.8 Å². The molecule has 1 aromatic rings. The Hall–Kier alpha value is -1.89. The summed E-state index contributed by atoms with van der Waals surface area (Å²) >= 11 is 0. The molecule has 1 fully saturated rings. The van der Waals surface area contributed by atoms with Gasteiger partial charge in [0.1, 0.15) is 5.82 Å². The standard InChI is InChI=1S/C17H29N5O2/c1-4-14(5-2)22-16(9-12(3)20-22)19-17(24)13-7-6-8-21(10-13)11-15(18)23/h9,13-14H,4-8,10-11H2,1-3H3,(H2,18,23)(H,19,24). The van der Waals surface area contributed by atoms with Crippen LogP contribution in [0.5, 0.6) is 0 Å². The van der Waals surface area contributed by atoms with Gasteiger partial charge in [0.15, 0.2) is 0 Å². The second-order valence-corrected chi connectivity index (χ2v) is 6.62. The number of aromatic nitrogens is 2. The Morgan fingerprint density at radius 1 is 1.42 bits per heavy atom. The van der Waals surface area contributed by atoms with Crippen LogP contribution in [0.4, 0.5) is 5.82 Å². The first-order chi connectivity index (χ1) is 11.4. The minimum absolute atomic E-state index is 0.00345. The predicted octanol–water partition coefficient (Wildman–Crippen LogP) is 1.69. The number of aryl methyl sites for hydroxylation is 1. The zero-order valence-corrected chi connectivity index (χ0v) is 14.9. The van der Waals surface area contributed by atoms with Gasteiger partial charge in [0.05, 0.1) is 24.2 Å². The topological polar surface area (TPSA) is 93.2 Å². The molecular weight excluding hydrogens is 306 g/mol. The highest BCUT2D eigenvalue weighted by atomic mass is 16.2. The van der Waals surface area contributed by atoms with Crippen LogP contribution in [0.3, 0.4) is 0 Å². The number of hydrogen-bond donors (Lipinski definition) is 2. The molecule has 1 unspecified atom stereocenters. The van der Waals surface area contributed by atoms with Crippen LogP contribution in [0.25, 0.3) is 0 Å². The number of anilines is 1. The largest absolute Gasteiger partial charge is 0.369 e. The molecule has 134 valence electrons. The van der Waals surface area contributed by atoms with Gasteiger partial charge in [0, 0.05) is 12.6 Å². The molecule has 24 heavy (non-hydrogen) atoms. The van der Waals surface area contributed by atoms with Crippen LogP contribution in [-0.4, -0.2) is 46.1 Å². The number of carbonyl (C=O) groups is 2. The van der Waals surface area contributed by atoms with Gasteiger partial charge in [-0.05, 0) is 39.2 Å². The molecule has 3 N–H and O–H groups in total. The van der Waals surface area contributed by atoms with Gasteiger partial charge in [-0.3, -0.25) is 14.5 Å². The highest BCUT2D eigenvalue weighted by Gasteiger charge is 2.27. The molecule has 0 saturated carbocycles. The molecule has 1 aliphatic rings. The summed E-state index contributed by atoms with van der Waals surface area (Å²) < 4.78 is 1.93. The lowest BCUT2D eigenvalue weighted by molar-refractivity contribution is -0.124. The molecule has 7 nitrogen and oxygen atoms in total. The molecule has 2 rings (SSSR count). The summed E-state index contributed by atoms with van der Waals surface area (Å²) in [6.07, 6.45) is 3.67. The fourth-order valence-electron chi connectivity index (χ4n) is 3.38. The highest BCUT2D eigenvalue weighted by Crippen LogP contribution is 2.24. The van der Waals surface area contributed by atoms with E-state index in [0.29, 0.717) is 6.54 Å². The van der Waals surface area contributed by atoms with Crippen LogP contribution in [0.15, 0.2) is 6.07 Å². The minimum atomic E-state index is -0.349. The van der Waals surface area contributed by atoms with Crippen molar-refractivity contribution in [3.63, 3.8) is 0 Å². The summed E-state index contributed by atoms with van der Waals surface area (Å²) in [5, 5.41) is 7.58. The van der Waals surface area contributed by atoms with Crippen molar-refractivity contribution in [1.82, 2.24) is 14.7 Å². The lowest BCUT2D eigenvalue weighted by Crippen LogP contribution is -2.44. The first-order valence-electron chi connectivity index (χ1n) is 8.82. The molecule has 1 aliphatic heterocycles. The maximum atomic E-state index is 12.7. The third-order valence-corrected chi connectivity index (χ3v) is 4.65. The summed E-state index contributed by atoms with van der Waals surface area (Å²) in [4.78, 5) is 25.7. The molecule has 2 heterocycles. The fraction of sp³-hybridized carbons (Fsp3) is 0.706. The Labute approximate surface area is 143 Å². The number of primary amides is 1. The summed E-state index contributed by atoms with van der Waals surface area (Å²) in [6.45, 7) is 7.79. The highest BCUT2D eigenvalue weighted by molar-refractivity contribution is 5.92. The maximum absolute atomic E-state index is 12.7. The van der Waals surface area contributed by atoms with Gasteiger partial charge >= 0.3 is 0 Å². The minimum Gasteiger partial charge on any atom is -0.369 e. The maximum Gasteiger partial charge on any atom is 0.231 e. The Balaban J connectivity index is 2.05. The summed E-state index contributed by atoms with van der Waals surface area (Å²) in [5.74, 6) is 0.288. The second-order valence-electron chi connectivity index (χ2n) is 6.62. The number of rotatable bonds is 7. The van der Waals surface area contributed by atoms with E-state index in [1.807, 2.05) is 22.6 Å². The van der Waals surface area contributed by atoms with Crippen LogP contribution >= 0.6 is 0 Å². The number of likely N-dealkylation sites (tertiary alicyclic amines) is 1. The van der Waals surface area contributed by atoms with Crippen molar-refractivity contribution >= 4 is 17.6 Å². The fourth-order valence-corrected chi connectivity index (χ4v) is 3.38. The van der Waals surface area contributed by atoms with Crippen molar-refractivity contribution < 1.29 is 9.59 Å². The molecule has 0 aromatic carbocycles. The van der Waals surface area contributed by atoms with E-state index >= 15 is 0 Å². The molecular formula is C17H29N5O2. The zero-order valence-electron chi connectivity index (χ0n) is 14.9. The van der Waals surface area contributed by atoms with Crippen molar-refractivity contribution in [1.29, 1.82) is 0 Å². The lowest BCUT2D eigenvalue weighted by atomic mass is 9.97. The molecule has 0 spiro atoms. The summed E-state index contributed by atoms with van der Waals surface area (Å²) in [6, 6.07) is 2.20. The van der Waals surface area contributed by atoms with E-state index in [0.717, 1.165) is 43.7 Å². The number of piperidine rings is 1. The molecule has 1 saturated heterocycles. The van der Waals surface area contributed by atoms with Gasteiger partial charge < -0.3 is 11.1 Å². The summed E-state index contributed by atoms with van der Waals surface area (Å²) in [5.41, 5.74) is 6.16. The number of carbonyl (C=O) groups excluding carboxylic acids is 2. The van der Waals surface area contributed by atoms with Gasteiger partial charge in [0.2, 0.25) is 11.8 Å². The Morgan fingerprint density at radius 2 is 2.12 bits per heavy atom. The average Bonchev–Trinajstić information content (AvgIpc) is 2.88. The third-order valence-electron chi connectivity index (χ3n) is 4.65. The van der Waals surface area contributed by atoms with E-state index < -0.39 is 0 Å². The van der Waals surface area contributed by atoms with Crippen molar-refractivity contribution in [3.8, 4) is 0 Å². The van der Waals surface area contributed by atoms with Crippen molar-refractivity contribution in [3.05, 3.63) is 11.8 Å². The molecule has 0 radical (unpaired) electrons. The van der Waals surface area contributed by atoms with Gasteiger partial charge in [0.25, 0.3) is 0 Å². The van der Waals surface area contributed by atoms with Gasteiger partial charge in [-0.15, -0.1) is 0 Å². The first-order valence-corrected chi connectivity index (χ1v) is 8.82. The molecule has 1 atom stereocenters. The average molecular weight is 335 g/mol. The Kier molecular flexibility index (Phi) is 6.36. The molecule has 0 bridgehead atoms. The van der Waals surface area contributed by atoms with E-state index in [2.05, 4.69) is 24.3 Å². The number of nitrogens with one attached hydrogen (secondary N) is 1. The van der Waals surface area contributed by atoms with E-state index in [4.69, 9.17) is 5.73 Å².